The third-order valence-corrected chi connectivity index (χ3v) is 3.68. The average molecular weight is 241 g/mol. The lowest BCUT2D eigenvalue weighted by Gasteiger charge is -2.29. The molecule has 0 radical (unpaired) electrons. The number of carbonyl (C=O) groups excluding carboxylic acids is 1. The zero-order chi connectivity index (χ0) is 12.4. The standard InChI is InChI=1S/C12H19NO4/c1-8-6-9(10(7-8)12(15)16)11(14)13-4-2-3-5-17-13/h8-10H,2-7H2,1H3,(H,15,16)/t8?,9-,10+/m0/s1. The first kappa shape index (κ1) is 12.4. The van der Waals surface area contributed by atoms with Gasteiger partial charge in [0.2, 0.25) is 5.91 Å². The number of hydrogen-bond donors (Lipinski definition) is 1. The first-order valence-corrected chi connectivity index (χ1v) is 6.26. The first-order valence-electron chi connectivity index (χ1n) is 6.26. The van der Waals surface area contributed by atoms with E-state index in [0.717, 1.165) is 12.8 Å². The van der Waals surface area contributed by atoms with Crippen LogP contribution < -0.4 is 0 Å². The van der Waals surface area contributed by atoms with E-state index < -0.39 is 17.8 Å². The van der Waals surface area contributed by atoms with Crippen molar-refractivity contribution in [2.45, 2.75) is 32.6 Å². The van der Waals surface area contributed by atoms with Gasteiger partial charge in [-0.05, 0) is 31.6 Å². The van der Waals surface area contributed by atoms with E-state index in [0.29, 0.717) is 31.9 Å². The van der Waals surface area contributed by atoms with Crippen molar-refractivity contribution in [1.29, 1.82) is 0 Å². The Kier molecular flexibility index (Phi) is 3.66. The van der Waals surface area contributed by atoms with Crippen molar-refractivity contribution in [3.63, 3.8) is 0 Å². The molecular formula is C12H19NO4. The maximum atomic E-state index is 12.2. The molecule has 1 N–H and O–H groups in total. The van der Waals surface area contributed by atoms with Gasteiger partial charge in [0.1, 0.15) is 0 Å². The molecule has 96 valence electrons. The van der Waals surface area contributed by atoms with Crippen molar-refractivity contribution in [2.75, 3.05) is 13.2 Å². The summed E-state index contributed by atoms with van der Waals surface area (Å²) in [4.78, 5) is 28.6. The van der Waals surface area contributed by atoms with Gasteiger partial charge < -0.3 is 5.11 Å². The van der Waals surface area contributed by atoms with E-state index in [1.165, 1.54) is 5.06 Å². The van der Waals surface area contributed by atoms with Gasteiger partial charge in [0, 0.05) is 6.54 Å². The van der Waals surface area contributed by atoms with Gasteiger partial charge in [-0.25, -0.2) is 5.06 Å². The van der Waals surface area contributed by atoms with Gasteiger partial charge in [-0.1, -0.05) is 6.92 Å². The Balaban J connectivity index is 2.04. The molecule has 0 aromatic rings. The van der Waals surface area contributed by atoms with Crippen LogP contribution in [0.4, 0.5) is 0 Å². The predicted molar refractivity (Wildman–Crippen MR) is 59.9 cm³/mol. The van der Waals surface area contributed by atoms with E-state index in [-0.39, 0.29) is 5.91 Å². The molecule has 0 spiro atoms. The quantitative estimate of drug-likeness (QED) is 0.791. The van der Waals surface area contributed by atoms with Crippen LogP contribution in [-0.2, 0) is 14.4 Å². The molecule has 0 aromatic heterocycles. The third kappa shape index (κ3) is 2.60. The van der Waals surface area contributed by atoms with Crippen LogP contribution in [-0.4, -0.2) is 35.2 Å². The minimum absolute atomic E-state index is 0.138. The van der Waals surface area contributed by atoms with Crippen molar-refractivity contribution in [3.8, 4) is 0 Å². The van der Waals surface area contributed by atoms with Crippen LogP contribution in [0.15, 0.2) is 0 Å². The largest absolute Gasteiger partial charge is 0.481 e. The second kappa shape index (κ2) is 5.04. The van der Waals surface area contributed by atoms with Crippen LogP contribution in [0, 0.1) is 17.8 Å². The highest BCUT2D eigenvalue weighted by atomic mass is 16.7. The van der Waals surface area contributed by atoms with E-state index in [1.54, 1.807) is 0 Å². The molecule has 0 aromatic carbocycles. The molecule has 5 nitrogen and oxygen atoms in total. The molecule has 2 aliphatic rings. The summed E-state index contributed by atoms with van der Waals surface area (Å²) in [6, 6.07) is 0. The second-order valence-corrected chi connectivity index (χ2v) is 5.11. The third-order valence-electron chi connectivity index (χ3n) is 3.68. The smallest absolute Gasteiger partial charge is 0.307 e. The van der Waals surface area contributed by atoms with Gasteiger partial charge in [-0.3, -0.25) is 14.4 Å². The van der Waals surface area contributed by atoms with Crippen LogP contribution in [0.2, 0.25) is 0 Å². The molecule has 1 saturated heterocycles. The van der Waals surface area contributed by atoms with Gasteiger partial charge in [0.05, 0.1) is 18.4 Å². The summed E-state index contributed by atoms with van der Waals surface area (Å²) >= 11 is 0. The lowest BCUT2D eigenvalue weighted by Crippen LogP contribution is -2.41. The molecule has 1 aliphatic carbocycles. The van der Waals surface area contributed by atoms with Crippen molar-refractivity contribution >= 4 is 11.9 Å². The Morgan fingerprint density at radius 1 is 1.24 bits per heavy atom. The summed E-state index contributed by atoms with van der Waals surface area (Å²) in [7, 11) is 0. The summed E-state index contributed by atoms with van der Waals surface area (Å²) in [6.45, 7) is 3.15. The predicted octanol–water partition coefficient (Wildman–Crippen LogP) is 1.29. The molecule has 1 saturated carbocycles. The van der Waals surface area contributed by atoms with Crippen LogP contribution >= 0.6 is 0 Å². The molecule has 0 bridgehead atoms. The zero-order valence-electron chi connectivity index (χ0n) is 10.1. The van der Waals surface area contributed by atoms with Gasteiger partial charge in [-0.15, -0.1) is 0 Å². The maximum absolute atomic E-state index is 12.2. The summed E-state index contributed by atoms with van der Waals surface area (Å²) in [6.07, 6.45) is 3.16. The number of carboxylic acids is 1. The summed E-state index contributed by atoms with van der Waals surface area (Å²) < 4.78 is 0. The molecule has 5 heteroatoms. The normalized spacial score (nSPS) is 33.7. The van der Waals surface area contributed by atoms with E-state index >= 15 is 0 Å². The number of amides is 1. The number of hydroxylamine groups is 2. The van der Waals surface area contributed by atoms with E-state index in [1.807, 2.05) is 6.92 Å². The van der Waals surface area contributed by atoms with Gasteiger partial charge in [-0.2, -0.15) is 0 Å². The molecule has 17 heavy (non-hydrogen) atoms. The first-order chi connectivity index (χ1) is 8.09. The summed E-state index contributed by atoms with van der Waals surface area (Å²) in [5, 5.41) is 10.5. The highest BCUT2D eigenvalue weighted by Gasteiger charge is 2.43. The number of nitrogens with zero attached hydrogens (tertiary/aromatic N) is 1. The fourth-order valence-corrected chi connectivity index (χ4v) is 2.79. The van der Waals surface area contributed by atoms with Crippen LogP contribution in [0.5, 0.6) is 0 Å². The molecule has 1 unspecified atom stereocenters. The minimum atomic E-state index is -0.857. The Labute approximate surface area is 101 Å². The summed E-state index contributed by atoms with van der Waals surface area (Å²) in [5.41, 5.74) is 0. The Morgan fingerprint density at radius 3 is 2.53 bits per heavy atom. The number of aliphatic carboxylic acids is 1. The van der Waals surface area contributed by atoms with Crippen LogP contribution in [0.1, 0.15) is 32.6 Å². The Morgan fingerprint density at radius 2 is 1.94 bits per heavy atom. The fourth-order valence-electron chi connectivity index (χ4n) is 2.79. The van der Waals surface area contributed by atoms with Crippen LogP contribution in [0.3, 0.4) is 0 Å². The molecular weight excluding hydrogens is 222 g/mol. The lowest BCUT2D eigenvalue weighted by atomic mass is 9.95. The van der Waals surface area contributed by atoms with E-state index in [9.17, 15) is 9.59 Å². The summed E-state index contributed by atoms with van der Waals surface area (Å²) in [5.74, 6) is -1.63. The number of carbonyl (C=O) groups is 2. The van der Waals surface area contributed by atoms with Gasteiger partial charge in [0.25, 0.3) is 0 Å². The minimum Gasteiger partial charge on any atom is -0.481 e. The topological polar surface area (TPSA) is 66.8 Å². The number of rotatable bonds is 2. The lowest BCUT2D eigenvalue weighted by molar-refractivity contribution is -0.203. The van der Waals surface area contributed by atoms with Crippen molar-refractivity contribution in [2.24, 2.45) is 17.8 Å². The molecule has 2 fully saturated rings. The van der Waals surface area contributed by atoms with Crippen molar-refractivity contribution in [1.82, 2.24) is 5.06 Å². The molecule has 2 rings (SSSR count). The average Bonchev–Trinajstić information content (AvgIpc) is 2.72. The number of carboxylic acid groups (broad SMARTS) is 1. The molecule has 1 heterocycles. The fraction of sp³-hybridized carbons (Fsp3) is 0.833. The molecule has 1 aliphatic heterocycles. The van der Waals surface area contributed by atoms with Crippen LogP contribution in [0.25, 0.3) is 0 Å². The zero-order valence-corrected chi connectivity index (χ0v) is 10.1. The monoisotopic (exact) mass is 241 g/mol. The second-order valence-electron chi connectivity index (χ2n) is 5.11. The molecule has 1 amide bonds. The Hall–Kier alpha value is -1.10. The highest BCUT2D eigenvalue weighted by molar-refractivity contribution is 5.84. The van der Waals surface area contributed by atoms with E-state index in [4.69, 9.17) is 9.94 Å². The van der Waals surface area contributed by atoms with Gasteiger partial charge in [0.15, 0.2) is 0 Å². The SMILES string of the molecule is CC1C[C@H](C(=O)N2CCCCO2)[C@H](C(=O)O)C1. The van der Waals surface area contributed by atoms with E-state index in [2.05, 4.69) is 0 Å². The molecule has 3 atom stereocenters. The highest BCUT2D eigenvalue weighted by Crippen LogP contribution is 2.37. The Bertz CT molecular complexity index is 312. The van der Waals surface area contributed by atoms with Crippen molar-refractivity contribution < 1.29 is 19.5 Å². The number of hydrogen-bond acceptors (Lipinski definition) is 3. The van der Waals surface area contributed by atoms with Crippen molar-refractivity contribution in [3.05, 3.63) is 0 Å². The van der Waals surface area contributed by atoms with Gasteiger partial charge >= 0.3 is 5.97 Å². The maximum Gasteiger partial charge on any atom is 0.307 e.